The number of methoxy groups -OCH3 is 1. The molecule has 0 spiro atoms. The van der Waals surface area contributed by atoms with Crippen LogP contribution in [0.3, 0.4) is 0 Å². The number of hydrogen-bond donors (Lipinski definition) is 3. The van der Waals surface area contributed by atoms with Crippen molar-refractivity contribution in [2.75, 3.05) is 32.1 Å². The molecule has 25 heavy (non-hydrogen) atoms. The van der Waals surface area contributed by atoms with Crippen LogP contribution in [0.15, 0.2) is 48.9 Å². The third-order valence-corrected chi connectivity index (χ3v) is 3.99. The zero-order chi connectivity index (χ0) is 17.5. The minimum absolute atomic E-state index is 0.148. The van der Waals surface area contributed by atoms with Crippen molar-refractivity contribution in [3.8, 4) is 0 Å². The van der Waals surface area contributed by atoms with Crippen molar-refractivity contribution in [3.63, 3.8) is 0 Å². The molecule has 6 nitrogen and oxygen atoms in total. The van der Waals surface area contributed by atoms with E-state index in [2.05, 4.69) is 32.7 Å². The first kappa shape index (κ1) is 17.0. The van der Waals surface area contributed by atoms with Gasteiger partial charge in [0.05, 0.1) is 17.9 Å². The van der Waals surface area contributed by atoms with Crippen molar-refractivity contribution in [1.29, 1.82) is 0 Å². The second-order valence-corrected chi connectivity index (χ2v) is 5.75. The second-order valence-electron chi connectivity index (χ2n) is 5.75. The summed E-state index contributed by atoms with van der Waals surface area (Å²) in [6.07, 6.45) is 6.21. The van der Waals surface area contributed by atoms with Gasteiger partial charge in [0, 0.05) is 49.7 Å². The summed E-state index contributed by atoms with van der Waals surface area (Å²) in [4.78, 5) is 19.5. The van der Waals surface area contributed by atoms with Crippen LogP contribution in [0.25, 0.3) is 10.9 Å². The maximum atomic E-state index is 12.0. The summed E-state index contributed by atoms with van der Waals surface area (Å²) in [5.41, 5.74) is 3.78. The number of amides is 1. The lowest BCUT2D eigenvalue weighted by molar-refractivity contribution is 0.0937. The third kappa shape index (κ3) is 4.36. The van der Waals surface area contributed by atoms with Gasteiger partial charge in [0.2, 0.25) is 0 Å². The van der Waals surface area contributed by atoms with Crippen LogP contribution in [0.4, 0.5) is 5.69 Å². The van der Waals surface area contributed by atoms with Crippen LogP contribution in [0.1, 0.15) is 15.9 Å². The first-order valence-electron chi connectivity index (χ1n) is 8.29. The van der Waals surface area contributed by atoms with Gasteiger partial charge in [-0.1, -0.05) is 18.2 Å². The maximum absolute atomic E-state index is 12.0. The van der Waals surface area contributed by atoms with Gasteiger partial charge in [-0.2, -0.15) is 0 Å². The molecule has 0 aliphatic heterocycles. The van der Waals surface area contributed by atoms with Crippen LogP contribution in [0.5, 0.6) is 0 Å². The quantitative estimate of drug-likeness (QED) is 0.552. The smallest absolute Gasteiger partial charge is 0.253 e. The molecule has 130 valence electrons. The van der Waals surface area contributed by atoms with Gasteiger partial charge in [-0.05, 0) is 24.1 Å². The SMILES string of the molecule is COCCNC(=O)c1cncc(NCCc2c[nH]c3ccccc23)c1. The van der Waals surface area contributed by atoms with E-state index >= 15 is 0 Å². The lowest BCUT2D eigenvalue weighted by Crippen LogP contribution is -2.27. The number of nitrogens with zero attached hydrogens (tertiary/aromatic N) is 1. The minimum atomic E-state index is -0.148. The molecule has 0 fully saturated rings. The normalized spacial score (nSPS) is 10.8. The number of H-pyrrole nitrogens is 1. The number of aromatic nitrogens is 2. The molecule has 6 heteroatoms. The lowest BCUT2D eigenvalue weighted by Gasteiger charge is -2.08. The topological polar surface area (TPSA) is 79.0 Å². The molecule has 3 aromatic rings. The molecule has 0 radical (unpaired) electrons. The summed E-state index contributed by atoms with van der Waals surface area (Å²) in [5.74, 6) is -0.148. The number of nitrogens with one attached hydrogen (secondary N) is 3. The summed E-state index contributed by atoms with van der Waals surface area (Å²) in [5, 5.41) is 7.36. The summed E-state index contributed by atoms with van der Waals surface area (Å²) in [6, 6.07) is 10.1. The number of fused-ring (bicyclic) bond motifs is 1. The first-order valence-corrected chi connectivity index (χ1v) is 8.29. The molecule has 1 amide bonds. The highest BCUT2D eigenvalue weighted by Crippen LogP contribution is 2.18. The van der Waals surface area contributed by atoms with E-state index in [4.69, 9.17) is 4.74 Å². The minimum Gasteiger partial charge on any atom is -0.383 e. The van der Waals surface area contributed by atoms with Gasteiger partial charge >= 0.3 is 0 Å². The number of para-hydroxylation sites is 1. The van der Waals surface area contributed by atoms with E-state index in [0.29, 0.717) is 18.7 Å². The molecule has 1 aromatic carbocycles. The number of hydrogen-bond acceptors (Lipinski definition) is 4. The summed E-state index contributed by atoms with van der Waals surface area (Å²) < 4.78 is 4.93. The van der Waals surface area contributed by atoms with Crippen LogP contribution >= 0.6 is 0 Å². The number of anilines is 1. The Balaban J connectivity index is 1.56. The molecule has 0 atom stereocenters. The van der Waals surface area contributed by atoms with Gasteiger partial charge in [-0.25, -0.2) is 0 Å². The second kappa shape index (κ2) is 8.30. The van der Waals surface area contributed by atoms with Crippen molar-refractivity contribution < 1.29 is 9.53 Å². The van der Waals surface area contributed by atoms with Crippen molar-refractivity contribution in [2.24, 2.45) is 0 Å². The van der Waals surface area contributed by atoms with E-state index < -0.39 is 0 Å². The molecule has 0 aliphatic carbocycles. The van der Waals surface area contributed by atoms with Crippen molar-refractivity contribution in [1.82, 2.24) is 15.3 Å². The summed E-state index contributed by atoms with van der Waals surface area (Å²) in [6.45, 7) is 1.73. The molecule has 0 aliphatic rings. The fourth-order valence-corrected chi connectivity index (χ4v) is 2.71. The fourth-order valence-electron chi connectivity index (χ4n) is 2.71. The molecule has 0 saturated carbocycles. The predicted molar refractivity (Wildman–Crippen MR) is 98.9 cm³/mol. The Hall–Kier alpha value is -2.86. The molecule has 3 N–H and O–H groups in total. The molecule has 3 rings (SSSR count). The number of aromatic amines is 1. The monoisotopic (exact) mass is 338 g/mol. The molecule has 2 heterocycles. The average Bonchev–Trinajstić information content (AvgIpc) is 3.05. The largest absolute Gasteiger partial charge is 0.383 e. The number of carbonyl (C=O) groups is 1. The van der Waals surface area contributed by atoms with Crippen LogP contribution in [0, 0.1) is 0 Å². The van der Waals surface area contributed by atoms with Crippen LogP contribution < -0.4 is 10.6 Å². The fraction of sp³-hybridized carbons (Fsp3) is 0.263. The number of carbonyl (C=O) groups excluding carboxylic acids is 1. The highest BCUT2D eigenvalue weighted by Gasteiger charge is 2.07. The van der Waals surface area contributed by atoms with Gasteiger partial charge in [-0.15, -0.1) is 0 Å². The Bertz CT molecular complexity index is 844. The van der Waals surface area contributed by atoms with E-state index in [1.165, 1.54) is 10.9 Å². The Kier molecular flexibility index (Phi) is 5.64. The molecule has 0 saturated heterocycles. The highest BCUT2D eigenvalue weighted by molar-refractivity contribution is 5.94. The molecule has 0 unspecified atom stereocenters. The molecule has 2 aromatic heterocycles. The predicted octanol–water partition coefficient (Wildman–Crippen LogP) is 2.59. The van der Waals surface area contributed by atoms with E-state index in [-0.39, 0.29) is 5.91 Å². The van der Waals surface area contributed by atoms with Crippen molar-refractivity contribution in [2.45, 2.75) is 6.42 Å². The van der Waals surface area contributed by atoms with E-state index in [0.717, 1.165) is 24.2 Å². The Morgan fingerprint density at radius 1 is 1.24 bits per heavy atom. The number of rotatable bonds is 8. The maximum Gasteiger partial charge on any atom is 0.253 e. The Morgan fingerprint density at radius 3 is 3.00 bits per heavy atom. The number of pyridine rings is 1. The summed E-state index contributed by atoms with van der Waals surface area (Å²) >= 11 is 0. The molecular weight excluding hydrogens is 316 g/mol. The molecule has 0 bridgehead atoms. The average molecular weight is 338 g/mol. The lowest BCUT2D eigenvalue weighted by atomic mass is 10.1. The van der Waals surface area contributed by atoms with Crippen molar-refractivity contribution >= 4 is 22.5 Å². The Morgan fingerprint density at radius 2 is 2.12 bits per heavy atom. The third-order valence-electron chi connectivity index (χ3n) is 3.99. The van der Waals surface area contributed by atoms with E-state index in [9.17, 15) is 4.79 Å². The zero-order valence-electron chi connectivity index (χ0n) is 14.2. The van der Waals surface area contributed by atoms with Gasteiger partial charge in [-0.3, -0.25) is 9.78 Å². The van der Waals surface area contributed by atoms with Gasteiger partial charge in [0.1, 0.15) is 0 Å². The van der Waals surface area contributed by atoms with Crippen molar-refractivity contribution in [3.05, 3.63) is 60.0 Å². The van der Waals surface area contributed by atoms with E-state index in [1.54, 1.807) is 19.5 Å². The number of ether oxygens (including phenoxy) is 1. The van der Waals surface area contributed by atoms with Crippen LogP contribution in [-0.4, -0.2) is 42.7 Å². The highest BCUT2D eigenvalue weighted by atomic mass is 16.5. The van der Waals surface area contributed by atoms with Crippen LogP contribution in [0.2, 0.25) is 0 Å². The van der Waals surface area contributed by atoms with Gasteiger partial charge < -0.3 is 20.4 Å². The van der Waals surface area contributed by atoms with E-state index in [1.807, 2.05) is 24.4 Å². The molecular formula is C19H22N4O2. The standard InChI is InChI=1S/C19H22N4O2/c1-25-9-8-22-19(24)15-10-16(13-20-11-15)21-7-6-14-12-23-18-5-3-2-4-17(14)18/h2-5,10-13,21,23H,6-9H2,1H3,(H,22,24). The van der Waals surface area contributed by atoms with Crippen LogP contribution in [-0.2, 0) is 11.2 Å². The van der Waals surface area contributed by atoms with Gasteiger partial charge in [0.25, 0.3) is 5.91 Å². The van der Waals surface area contributed by atoms with Gasteiger partial charge in [0.15, 0.2) is 0 Å². The first-order chi connectivity index (χ1) is 12.3. The zero-order valence-corrected chi connectivity index (χ0v) is 14.2. The Labute approximate surface area is 146 Å². The number of benzene rings is 1. The summed E-state index contributed by atoms with van der Waals surface area (Å²) in [7, 11) is 1.60.